The summed E-state index contributed by atoms with van der Waals surface area (Å²) in [5, 5.41) is 3.51. The van der Waals surface area contributed by atoms with Crippen LogP contribution in [0.25, 0.3) is 0 Å². The first-order chi connectivity index (χ1) is 9.04. The Labute approximate surface area is 117 Å². The lowest BCUT2D eigenvalue weighted by Gasteiger charge is -2.36. The molecule has 0 aromatic heterocycles. The molecule has 1 aliphatic carbocycles. The SMILES string of the molecule is CCOC(=O)C(C)(NC1CCCCCC1)C(C)OC. The Morgan fingerprint density at radius 3 is 2.37 bits per heavy atom. The number of hydrogen-bond donors (Lipinski definition) is 1. The van der Waals surface area contributed by atoms with Gasteiger partial charge in [0.1, 0.15) is 5.54 Å². The topological polar surface area (TPSA) is 47.6 Å². The van der Waals surface area contributed by atoms with Crippen molar-refractivity contribution in [2.24, 2.45) is 0 Å². The molecule has 0 aromatic rings. The van der Waals surface area contributed by atoms with Gasteiger partial charge in [-0.15, -0.1) is 0 Å². The van der Waals surface area contributed by atoms with E-state index in [1.165, 1.54) is 25.7 Å². The summed E-state index contributed by atoms with van der Waals surface area (Å²) >= 11 is 0. The van der Waals surface area contributed by atoms with Gasteiger partial charge in [-0.1, -0.05) is 25.7 Å². The van der Waals surface area contributed by atoms with Crippen molar-refractivity contribution in [1.82, 2.24) is 5.32 Å². The Morgan fingerprint density at radius 1 is 1.32 bits per heavy atom. The van der Waals surface area contributed by atoms with Gasteiger partial charge in [-0.2, -0.15) is 0 Å². The zero-order valence-electron chi connectivity index (χ0n) is 12.8. The lowest BCUT2D eigenvalue weighted by molar-refractivity contribution is -0.156. The van der Waals surface area contributed by atoms with Crippen molar-refractivity contribution in [2.75, 3.05) is 13.7 Å². The fourth-order valence-corrected chi connectivity index (χ4v) is 2.71. The molecule has 0 bridgehead atoms. The molecular formula is C15H29NO3. The Kier molecular flexibility index (Phi) is 6.80. The third-order valence-electron chi connectivity index (χ3n) is 4.23. The number of carbonyl (C=O) groups is 1. The molecule has 19 heavy (non-hydrogen) atoms. The summed E-state index contributed by atoms with van der Waals surface area (Å²) in [6.45, 7) is 6.04. The van der Waals surface area contributed by atoms with E-state index in [-0.39, 0.29) is 12.1 Å². The summed E-state index contributed by atoms with van der Waals surface area (Å²) in [5.74, 6) is -0.214. The van der Waals surface area contributed by atoms with Crippen molar-refractivity contribution in [3.63, 3.8) is 0 Å². The first kappa shape index (κ1) is 16.4. The lowest BCUT2D eigenvalue weighted by atomic mass is 9.93. The zero-order chi connectivity index (χ0) is 14.3. The Bertz CT molecular complexity index is 275. The van der Waals surface area contributed by atoms with Crippen molar-refractivity contribution in [2.45, 2.75) is 77.0 Å². The van der Waals surface area contributed by atoms with Crippen LogP contribution in [0.2, 0.25) is 0 Å². The number of nitrogens with one attached hydrogen (secondary N) is 1. The van der Waals surface area contributed by atoms with Crippen LogP contribution in [-0.4, -0.2) is 37.4 Å². The van der Waals surface area contributed by atoms with E-state index < -0.39 is 5.54 Å². The molecule has 0 aliphatic heterocycles. The zero-order valence-corrected chi connectivity index (χ0v) is 12.8. The number of rotatable bonds is 6. The third-order valence-corrected chi connectivity index (χ3v) is 4.23. The summed E-state index contributed by atoms with van der Waals surface area (Å²) in [6.07, 6.45) is 7.12. The standard InChI is InChI=1S/C15H29NO3/c1-5-19-14(17)15(3,12(2)18-4)16-13-10-8-6-7-9-11-13/h12-13,16H,5-11H2,1-4H3. The van der Waals surface area contributed by atoms with E-state index in [2.05, 4.69) is 5.32 Å². The van der Waals surface area contributed by atoms with E-state index in [9.17, 15) is 4.79 Å². The summed E-state index contributed by atoms with van der Waals surface area (Å²) in [5.41, 5.74) is -0.764. The predicted molar refractivity (Wildman–Crippen MR) is 76.1 cm³/mol. The van der Waals surface area contributed by atoms with E-state index in [0.717, 1.165) is 12.8 Å². The van der Waals surface area contributed by atoms with Gasteiger partial charge in [0.2, 0.25) is 0 Å². The Hall–Kier alpha value is -0.610. The second kappa shape index (κ2) is 7.85. The molecule has 1 rings (SSSR count). The molecule has 112 valence electrons. The van der Waals surface area contributed by atoms with Crippen molar-refractivity contribution in [3.05, 3.63) is 0 Å². The second-order valence-electron chi connectivity index (χ2n) is 5.63. The third kappa shape index (κ3) is 4.46. The van der Waals surface area contributed by atoms with Crippen LogP contribution in [0.4, 0.5) is 0 Å². The highest BCUT2D eigenvalue weighted by atomic mass is 16.5. The van der Waals surface area contributed by atoms with E-state index in [4.69, 9.17) is 9.47 Å². The number of hydrogen-bond acceptors (Lipinski definition) is 4. The van der Waals surface area contributed by atoms with E-state index >= 15 is 0 Å². The van der Waals surface area contributed by atoms with Crippen LogP contribution in [0.1, 0.15) is 59.3 Å². The van der Waals surface area contributed by atoms with Gasteiger partial charge in [0.25, 0.3) is 0 Å². The fourth-order valence-electron chi connectivity index (χ4n) is 2.71. The molecule has 0 amide bonds. The molecule has 0 saturated heterocycles. The van der Waals surface area contributed by atoms with Crippen LogP contribution in [0.3, 0.4) is 0 Å². The number of methoxy groups -OCH3 is 1. The minimum atomic E-state index is -0.764. The maximum absolute atomic E-state index is 12.3. The van der Waals surface area contributed by atoms with Crippen molar-refractivity contribution in [1.29, 1.82) is 0 Å². The molecule has 0 radical (unpaired) electrons. The molecule has 4 heteroatoms. The smallest absolute Gasteiger partial charge is 0.328 e. The summed E-state index contributed by atoms with van der Waals surface area (Å²) in [6, 6.07) is 0.384. The normalized spacial score (nSPS) is 22.3. The molecule has 2 atom stereocenters. The summed E-state index contributed by atoms with van der Waals surface area (Å²) in [4.78, 5) is 12.3. The Balaban J connectivity index is 2.74. The number of carbonyl (C=O) groups excluding carboxylic acids is 1. The summed E-state index contributed by atoms with van der Waals surface area (Å²) in [7, 11) is 1.64. The van der Waals surface area contributed by atoms with Crippen LogP contribution < -0.4 is 5.32 Å². The summed E-state index contributed by atoms with van der Waals surface area (Å²) < 4.78 is 10.6. The maximum atomic E-state index is 12.3. The quantitative estimate of drug-likeness (QED) is 0.596. The average Bonchev–Trinajstić information content (AvgIpc) is 2.66. The minimum Gasteiger partial charge on any atom is -0.465 e. The highest BCUT2D eigenvalue weighted by molar-refractivity contribution is 5.81. The molecule has 1 N–H and O–H groups in total. The maximum Gasteiger partial charge on any atom is 0.328 e. The van der Waals surface area contributed by atoms with E-state index in [0.29, 0.717) is 12.6 Å². The van der Waals surface area contributed by atoms with Gasteiger partial charge in [0, 0.05) is 13.2 Å². The van der Waals surface area contributed by atoms with Gasteiger partial charge < -0.3 is 9.47 Å². The van der Waals surface area contributed by atoms with Gasteiger partial charge in [-0.25, -0.2) is 4.79 Å². The van der Waals surface area contributed by atoms with Gasteiger partial charge in [0.05, 0.1) is 12.7 Å². The van der Waals surface area contributed by atoms with Crippen molar-refractivity contribution >= 4 is 5.97 Å². The van der Waals surface area contributed by atoms with Crippen LogP contribution in [0.5, 0.6) is 0 Å². The molecule has 0 spiro atoms. The average molecular weight is 271 g/mol. The molecule has 1 fully saturated rings. The minimum absolute atomic E-state index is 0.213. The predicted octanol–water partition coefficient (Wildman–Crippen LogP) is 2.66. The van der Waals surface area contributed by atoms with Gasteiger partial charge in [-0.05, 0) is 33.6 Å². The first-order valence-corrected chi connectivity index (χ1v) is 7.52. The van der Waals surface area contributed by atoms with E-state index in [1.54, 1.807) is 7.11 Å². The highest BCUT2D eigenvalue weighted by Crippen LogP contribution is 2.23. The monoisotopic (exact) mass is 271 g/mol. The van der Waals surface area contributed by atoms with Gasteiger partial charge in [0.15, 0.2) is 0 Å². The molecule has 4 nitrogen and oxygen atoms in total. The number of ether oxygens (including phenoxy) is 2. The number of esters is 1. The largest absolute Gasteiger partial charge is 0.465 e. The molecular weight excluding hydrogens is 242 g/mol. The van der Waals surface area contributed by atoms with Gasteiger partial charge in [-0.3, -0.25) is 5.32 Å². The second-order valence-corrected chi connectivity index (χ2v) is 5.63. The van der Waals surface area contributed by atoms with E-state index in [1.807, 2.05) is 20.8 Å². The van der Waals surface area contributed by atoms with Crippen molar-refractivity contribution < 1.29 is 14.3 Å². The fraction of sp³-hybridized carbons (Fsp3) is 0.933. The highest BCUT2D eigenvalue weighted by Gasteiger charge is 2.42. The van der Waals surface area contributed by atoms with Gasteiger partial charge >= 0.3 is 5.97 Å². The lowest BCUT2D eigenvalue weighted by Crippen LogP contribution is -2.61. The first-order valence-electron chi connectivity index (χ1n) is 7.52. The molecule has 1 aliphatic rings. The van der Waals surface area contributed by atoms with Crippen molar-refractivity contribution in [3.8, 4) is 0 Å². The van der Waals surface area contributed by atoms with Crippen LogP contribution in [-0.2, 0) is 14.3 Å². The van der Waals surface area contributed by atoms with Crippen LogP contribution in [0.15, 0.2) is 0 Å². The molecule has 1 saturated carbocycles. The molecule has 0 heterocycles. The molecule has 0 aromatic carbocycles. The van der Waals surface area contributed by atoms with Crippen LogP contribution >= 0.6 is 0 Å². The molecule has 2 unspecified atom stereocenters. The Morgan fingerprint density at radius 2 is 1.89 bits per heavy atom. The van der Waals surface area contributed by atoms with Crippen LogP contribution in [0, 0.1) is 0 Å².